The fourth-order valence-corrected chi connectivity index (χ4v) is 4.69. The SMILES string of the molecule is CCC(OC(=O)c1ccccc1NS(=O)(=O)c1cccs1)C(=O)Nc1ccccc1. The summed E-state index contributed by atoms with van der Waals surface area (Å²) < 4.78 is 32.9. The molecule has 1 heterocycles. The minimum atomic E-state index is -3.84. The highest BCUT2D eigenvalue weighted by Gasteiger charge is 2.25. The number of carbonyl (C=O) groups excluding carboxylic acids is 2. The molecule has 0 aliphatic carbocycles. The molecule has 0 aliphatic rings. The van der Waals surface area contributed by atoms with E-state index in [0.717, 1.165) is 11.3 Å². The topological polar surface area (TPSA) is 102 Å². The lowest BCUT2D eigenvalue weighted by Gasteiger charge is -2.17. The Morgan fingerprint density at radius 1 is 1.00 bits per heavy atom. The van der Waals surface area contributed by atoms with Crippen LogP contribution in [-0.2, 0) is 19.6 Å². The highest BCUT2D eigenvalue weighted by molar-refractivity contribution is 7.94. The van der Waals surface area contributed by atoms with Gasteiger partial charge in [-0.05, 0) is 42.1 Å². The number of thiophene rings is 1. The number of rotatable bonds is 8. The van der Waals surface area contributed by atoms with E-state index in [-0.39, 0.29) is 21.9 Å². The summed E-state index contributed by atoms with van der Waals surface area (Å²) in [6.45, 7) is 1.72. The van der Waals surface area contributed by atoms with Gasteiger partial charge >= 0.3 is 5.97 Å². The predicted molar refractivity (Wildman–Crippen MR) is 116 cm³/mol. The number of sulfonamides is 1. The molecular formula is C21H20N2O5S2. The highest BCUT2D eigenvalue weighted by atomic mass is 32.2. The molecule has 0 saturated carbocycles. The Bertz CT molecular complexity index is 1110. The van der Waals surface area contributed by atoms with E-state index in [0.29, 0.717) is 5.69 Å². The summed E-state index contributed by atoms with van der Waals surface area (Å²) in [7, 11) is -3.84. The Morgan fingerprint density at radius 2 is 1.70 bits per heavy atom. The summed E-state index contributed by atoms with van der Waals surface area (Å²) in [4.78, 5) is 25.2. The molecular weight excluding hydrogens is 424 g/mol. The van der Waals surface area contributed by atoms with Crippen molar-refractivity contribution in [1.82, 2.24) is 0 Å². The summed E-state index contributed by atoms with van der Waals surface area (Å²) in [5, 5.41) is 4.34. The third kappa shape index (κ3) is 5.25. The van der Waals surface area contributed by atoms with Gasteiger partial charge in [0.2, 0.25) is 0 Å². The number of hydrogen-bond acceptors (Lipinski definition) is 6. The van der Waals surface area contributed by atoms with E-state index in [9.17, 15) is 18.0 Å². The molecule has 1 aromatic heterocycles. The van der Waals surface area contributed by atoms with Gasteiger partial charge in [-0.1, -0.05) is 43.3 Å². The van der Waals surface area contributed by atoms with Gasteiger partial charge in [0, 0.05) is 5.69 Å². The van der Waals surface area contributed by atoms with Crippen molar-refractivity contribution in [3.63, 3.8) is 0 Å². The average molecular weight is 445 g/mol. The molecule has 7 nitrogen and oxygen atoms in total. The second kappa shape index (κ2) is 9.55. The Kier molecular flexibility index (Phi) is 6.86. The first-order chi connectivity index (χ1) is 14.4. The Hall–Kier alpha value is -3.17. The van der Waals surface area contributed by atoms with Crippen LogP contribution >= 0.6 is 11.3 Å². The fourth-order valence-electron chi connectivity index (χ4n) is 2.62. The van der Waals surface area contributed by atoms with Gasteiger partial charge in [0.1, 0.15) is 4.21 Å². The van der Waals surface area contributed by atoms with E-state index >= 15 is 0 Å². The minimum absolute atomic E-state index is 0.0172. The van der Waals surface area contributed by atoms with Crippen LogP contribution in [0, 0.1) is 0 Å². The van der Waals surface area contributed by atoms with Crippen LogP contribution in [-0.4, -0.2) is 26.4 Å². The molecule has 3 aromatic rings. The van der Waals surface area contributed by atoms with Crippen LogP contribution in [0.3, 0.4) is 0 Å². The zero-order valence-electron chi connectivity index (χ0n) is 16.1. The second-order valence-corrected chi connectivity index (χ2v) is 9.10. The smallest absolute Gasteiger partial charge is 0.341 e. The molecule has 0 bridgehead atoms. The van der Waals surface area contributed by atoms with Crippen molar-refractivity contribution in [2.45, 2.75) is 23.7 Å². The molecule has 3 rings (SSSR count). The van der Waals surface area contributed by atoms with Gasteiger partial charge in [0.25, 0.3) is 15.9 Å². The maximum Gasteiger partial charge on any atom is 0.341 e. The van der Waals surface area contributed by atoms with Gasteiger partial charge in [-0.15, -0.1) is 11.3 Å². The lowest BCUT2D eigenvalue weighted by atomic mass is 10.2. The molecule has 0 saturated heterocycles. The van der Waals surface area contributed by atoms with Crippen LogP contribution in [0.1, 0.15) is 23.7 Å². The molecule has 2 N–H and O–H groups in total. The number of esters is 1. The van der Waals surface area contributed by atoms with Crippen LogP contribution < -0.4 is 10.0 Å². The zero-order valence-corrected chi connectivity index (χ0v) is 17.7. The van der Waals surface area contributed by atoms with Crippen molar-refractivity contribution in [2.24, 2.45) is 0 Å². The molecule has 1 unspecified atom stereocenters. The Labute approximate surface area is 178 Å². The number of anilines is 2. The van der Waals surface area contributed by atoms with Crippen LogP contribution in [0.5, 0.6) is 0 Å². The number of benzene rings is 2. The number of nitrogens with one attached hydrogen (secondary N) is 2. The van der Waals surface area contributed by atoms with Gasteiger partial charge in [-0.3, -0.25) is 9.52 Å². The largest absolute Gasteiger partial charge is 0.449 e. The lowest BCUT2D eigenvalue weighted by molar-refractivity contribution is -0.124. The summed E-state index contributed by atoms with van der Waals surface area (Å²) in [5.41, 5.74) is 0.680. The van der Waals surface area contributed by atoms with Crippen LogP contribution in [0.2, 0.25) is 0 Å². The summed E-state index contributed by atoms with van der Waals surface area (Å²) in [5.74, 6) is -1.26. The van der Waals surface area contributed by atoms with Gasteiger partial charge in [0.05, 0.1) is 11.3 Å². The molecule has 0 radical (unpaired) electrons. The van der Waals surface area contributed by atoms with Crippen molar-refractivity contribution >= 4 is 44.6 Å². The van der Waals surface area contributed by atoms with Gasteiger partial charge < -0.3 is 10.1 Å². The summed E-state index contributed by atoms with van der Waals surface area (Å²) in [6.07, 6.45) is -0.771. The second-order valence-electron chi connectivity index (χ2n) is 6.24. The molecule has 0 fully saturated rings. The molecule has 30 heavy (non-hydrogen) atoms. The third-order valence-electron chi connectivity index (χ3n) is 4.11. The van der Waals surface area contributed by atoms with Crippen LogP contribution in [0.15, 0.2) is 76.3 Å². The minimum Gasteiger partial charge on any atom is -0.449 e. The lowest BCUT2D eigenvalue weighted by Crippen LogP contribution is -2.32. The van der Waals surface area contributed by atoms with E-state index in [4.69, 9.17) is 4.74 Å². The monoisotopic (exact) mass is 444 g/mol. The molecule has 156 valence electrons. The first-order valence-electron chi connectivity index (χ1n) is 9.13. The predicted octanol–water partition coefficient (Wildman–Crippen LogP) is 4.12. The quantitative estimate of drug-likeness (QED) is 0.509. The van der Waals surface area contributed by atoms with Crippen molar-refractivity contribution in [2.75, 3.05) is 10.0 Å². The molecule has 2 aromatic carbocycles. The standard InChI is InChI=1S/C21H20N2O5S2/c1-2-18(20(24)22-15-9-4-3-5-10-15)28-21(25)16-11-6-7-12-17(16)23-30(26,27)19-13-8-14-29-19/h3-14,18,23H,2H2,1H3,(H,22,24). The molecule has 1 amide bonds. The van der Waals surface area contributed by atoms with Crippen molar-refractivity contribution < 1.29 is 22.7 Å². The van der Waals surface area contributed by atoms with Crippen molar-refractivity contribution in [3.05, 3.63) is 77.7 Å². The first kappa shape index (κ1) is 21.5. The summed E-state index contributed by atoms with van der Waals surface area (Å²) >= 11 is 1.06. The number of amides is 1. The molecule has 9 heteroatoms. The van der Waals surface area contributed by atoms with Crippen LogP contribution in [0.4, 0.5) is 11.4 Å². The van der Waals surface area contributed by atoms with Gasteiger partial charge in [-0.2, -0.15) is 0 Å². The van der Waals surface area contributed by atoms with E-state index in [2.05, 4.69) is 10.0 Å². The van der Waals surface area contributed by atoms with E-state index < -0.39 is 28.0 Å². The summed E-state index contributed by atoms with van der Waals surface area (Å²) in [6, 6.07) is 18.0. The van der Waals surface area contributed by atoms with E-state index in [1.165, 1.54) is 18.2 Å². The number of hydrogen-bond donors (Lipinski definition) is 2. The maximum atomic E-state index is 12.7. The highest BCUT2D eigenvalue weighted by Crippen LogP contribution is 2.24. The number of carbonyl (C=O) groups is 2. The first-order valence-corrected chi connectivity index (χ1v) is 11.5. The van der Waals surface area contributed by atoms with Crippen LogP contribution in [0.25, 0.3) is 0 Å². The Morgan fingerprint density at radius 3 is 2.37 bits per heavy atom. The van der Waals surface area contributed by atoms with Crippen molar-refractivity contribution in [3.8, 4) is 0 Å². The molecule has 0 spiro atoms. The average Bonchev–Trinajstić information content (AvgIpc) is 3.28. The normalized spacial score (nSPS) is 12.0. The number of ether oxygens (including phenoxy) is 1. The molecule has 1 atom stereocenters. The Balaban J connectivity index is 1.75. The zero-order chi connectivity index (χ0) is 21.6. The van der Waals surface area contributed by atoms with Gasteiger partial charge in [0.15, 0.2) is 6.10 Å². The van der Waals surface area contributed by atoms with E-state index in [1.807, 2.05) is 6.07 Å². The third-order valence-corrected chi connectivity index (χ3v) is 6.87. The van der Waals surface area contributed by atoms with E-state index in [1.54, 1.807) is 54.8 Å². The van der Waals surface area contributed by atoms with Crippen molar-refractivity contribution in [1.29, 1.82) is 0 Å². The number of para-hydroxylation sites is 2. The molecule has 0 aliphatic heterocycles. The maximum absolute atomic E-state index is 12.7. The van der Waals surface area contributed by atoms with Gasteiger partial charge in [-0.25, -0.2) is 13.2 Å². The fraction of sp³-hybridized carbons (Fsp3) is 0.143.